The summed E-state index contributed by atoms with van der Waals surface area (Å²) in [5.41, 5.74) is 3.11. The molecule has 0 atom stereocenters. The lowest BCUT2D eigenvalue weighted by Gasteiger charge is -2.18. The Labute approximate surface area is 181 Å². The minimum Gasteiger partial charge on any atom is -0.493 e. The minimum absolute atomic E-state index is 0.00577. The first-order chi connectivity index (χ1) is 14.4. The topological polar surface area (TPSA) is 69.5 Å². The van der Waals surface area contributed by atoms with Crippen LogP contribution in [0, 0.1) is 13.8 Å². The van der Waals surface area contributed by atoms with Crippen LogP contribution in [0.3, 0.4) is 0 Å². The largest absolute Gasteiger partial charge is 0.493 e. The summed E-state index contributed by atoms with van der Waals surface area (Å²) >= 11 is 1.38. The van der Waals surface area contributed by atoms with Gasteiger partial charge in [-0.1, -0.05) is 30.0 Å². The van der Waals surface area contributed by atoms with Crippen molar-refractivity contribution in [3.8, 4) is 17.2 Å². The summed E-state index contributed by atoms with van der Waals surface area (Å²) in [5.74, 6) is 2.37. The average Bonchev–Trinajstić information content (AvgIpc) is 3.12. The standard InChI is InChI=1S/C22H26N4O3S/c1-15-7-6-8-18(11-15)26-16(2)23-24-22(26)30-14-21(27)25(3)13-17-9-10-19(28-4)20(12-17)29-5/h6-12H,13-14H2,1-5H3. The van der Waals surface area contributed by atoms with Crippen molar-refractivity contribution in [3.63, 3.8) is 0 Å². The van der Waals surface area contributed by atoms with Crippen molar-refractivity contribution in [1.29, 1.82) is 0 Å². The van der Waals surface area contributed by atoms with Crippen molar-refractivity contribution in [2.75, 3.05) is 27.0 Å². The average molecular weight is 427 g/mol. The number of carbonyl (C=O) groups is 1. The zero-order valence-corrected chi connectivity index (χ0v) is 18.7. The number of aromatic nitrogens is 3. The number of ether oxygens (including phenoxy) is 2. The molecule has 0 aliphatic carbocycles. The Balaban J connectivity index is 1.66. The highest BCUT2D eigenvalue weighted by molar-refractivity contribution is 7.99. The molecule has 0 saturated carbocycles. The quantitative estimate of drug-likeness (QED) is 0.512. The second-order valence-corrected chi connectivity index (χ2v) is 7.87. The zero-order chi connectivity index (χ0) is 21.7. The van der Waals surface area contributed by atoms with Crippen LogP contribution in [-0.2, 0) is 11.3 Å². The fourth-order valence-corrected chi connectivity index (χ4v) is 4.02. The molecule has 1 aromatic heterocycles. The van der Waals surface area contributed by atoms with Crippen LogP contribution in [-0.4, -0.2) is 52.6 Å². The van der Waals surface area contributed by atoms with Gasteiger partial charge in [0.15, 0.2) is 16.7 Å². The second kappa shape index (κ2) is 9.67. The first-order valence-electron chi connectivity index (χ1n) is 9.49. The maximum Gasteiger partial charge on any atom is 0.233 e. The number of methoxy groups -OCH3 is 2. The van der Waals surface area contributed by atoms with Gasteiger partial charge in [0.1, 0.15) is 5.82 Å². The monoisotopic (exact) mass is 426 g/mol. The highest BCUT2D eigenvalue weighted by atomic mass is 32.2. The molecule has 8 heteroatoms. The molecule has 30 heavy (non-hydrogen) atoms. The summed E-state index contributed by atoms with van der Waals surface area (Å²) in [6.45, 7) is 4.43. The summed E-state index contributed by atoms with van der Waals surface area (Å²) in [7, 11) is 4.98. The van der Waals surface area contributed by atoms with Crippen molar-refractivity contribution in [3.05, 3.63) is 59.4 Å². The molecular formula is C22H26N4O3S. The van der Waals surface area contributed by atoms with Gasteiger partial charge in [-0.05, 0) is 49.2 Å². The van der Waals surface area contributed by atoms with E-state index >= 15 is 0 Å². The molecule has 2 aromatic carbocycles. The molecule has 3 rings (SSSR count). The molecule has 0 bridgehead atoms. The molecule has 0 spiro atoms. The van der Waals surface area contributed by atoms with Crippen molar-refractivity contribution in [2.24, 2.45) is 0 Å². The lowest BCUT2D eigenvalue weighted by atomic mass is 10.2. The third kappa shape index (κ3) is 4.94. The van der Waals surface area contributed by atoms with Crippen molar-refractivity contribution in [1.82, 2.24) is 19.7 Å². The van der Waals surface area contributed by atoms with E-state index in [2.05, 4.69) is 16.3 Å². The Morgan fingerprint density at radius 2 is 1.83 bits per heavy atom. The molecule has 0 fully saturated rings. The Kier molecular flexibility index (Phi) is 6.99. The highest BCUT2D eigenvalue weighted by Crippen LogP contribution is 2.28. The Morgan fingerprint density at radius 3 is 2.53 bits per heavy atom. The van der Waals surface area contributed by atoms with Crippen LogP contribution in [0.25, 0.3) is 5.69 Å². The molecule has 3 aromatic rings. The van der Waals surface area contributed by atoms with E-state index in [0.29, 0.717) is 23.2 Å². The van der Waals surface area contributed by atoms with Gasteiger partial charge in [-0.2, -0.15) is 0 Å². The van der Waals surface area contributed by atoms with E-state index in [1.807, 2.05) is 54.8 Å². The van der Waals surface area contributed by atoms with Crippen LogP contribution in [0.2, 0.25) is 0 Å². The first-order valence-corrected chi connectivity index (χ1v) is 10.5. The Morgan fingerprint density at radius 1 is 1.07 bits per heavy atom. The number of carbonyl (C=O) groups excluding carboxylic acids is 1. The number of nitrogens with zero attached hydrogens (tertiary/aromatic N) is 4. The summed E-state index contributed by atoms with van der Waals surface area (Å²) in [4.78, 5) is 14.4. The van der Waals surface area contributed by atoms with Crippen molar-refractivity contribution >= 4 is 17.7 Å². The molecule has 0 aliphatic heterocycles. The van der Waals surface area contributed by atoms with E-state index in [1.54, 1.807) is 26.2 Å². The van der Waals surface area contributed by atoms with Crippen LogP contribution in [0.4, 0.5) is 0 Å². The second-order valence-electron chi connectivity index (χ2n) is 6.93. The summed E-state index contributed by atoms with van der Waals surface area (Å²) < 4.78 is 12.6. The minimum atomic E-state index is 0.00577. The molecule has 0 N–H and O–H groups in total. The smallest absolute Gasteiger partial charge is 0.233 e. The lowest BCUT2D eigenvalue weighted by Crippen LogP contribution is -2.28. The molecular weight excluding hydrogens is 400 g/mol. The van der Waals surface area contributed by atoms with E-state index in [1.165, 1.54) is 11.8 Å². The van der Waals surface area contributed by atoms with Crippen molar-refractivity contribution in [2.45, 2.75) is 25.5 Å². The number of hydrogen-bond donors (Lipinski definition) is 0. The van der Waals surface area contributed by atoms with Crippen LogP contribution in [0.15, 0.2) is 47.6 Å². The third-order valence-electron chi connectivity index (χ3n) is 4.67. The molecule has 1 amide bonds. The lowest BCUT2D eigenvalue weighted by molar-refractivity contribution is -0.127. The normalized spacial score (nSPS) is 10.7. The van der Waals surface area contributed by atoms with Crippen LogP contribution in [0.5, 0.6) is 11.5 Å². The molecule has 7 nitrogen and oxygen atoms in total. The number of benzene rings is 2. The van der Waals surface area contributed by atoms with E-state index in [0.717, 1.165) is 22.6 Å². The van der Waals surface area contributed by atoms with Gasteiger partial charge >= 0.3 is 0 Å². The fraction of sp³-hybridized carbons (Fsp3) is 0.318. The summed E-state index contributed by atoms with van der Waals surface area (Å²) in [5, 5.41) is 9.14. The Hall–Kier alpha value is -3.00. The van der Waals surface area contributed by atoms with E-state index < -0.39 is 0 Å². The molecule has 0 aliphatic rings. The molecule has 0 unspecified atom stereocenters. The van der Waals surface area contributed by atoms with Gasteiger partial charge in [0.05, 0.1) is 20.0 Å². The van der Waals surface area contributed by atoms with E-state index in [-0.39, 0.29) is 11.7 Å². The molecule has 0 radical (unpaired) electrons. The predicted octanol–water partition coefficient (Wildman–Crippen LogP) is 3.65. The van der Waals surface area contributed by atoms with Crippen molar-refractivity contribution < 1.29 is 14.3 Å². The number of thioether (sulfide) groups is 1. The predicted molar refractivity (Wildman–Crippen MR) is 118 cm³/mol. The SMILES string of the molecule is COc1ccc(CN(C)C(=O)CSc2nnc(C)n2-c2cccc(C)c2)cc1OC. The van der Waals surface area contributed by atoms with Gasteiger partial charge in [0, 0.05) is 19.3 Å². The number of hydrogen-bond acceptors (Lipinski definition) is 6. The number of aryl methyl sites for hydroxylation is 2. The van der Waals surface area contributed by atoms with Gasteiger partial charge in [0.25, 0.3) is 0 Å². The Bertz CT molecular complexity index is 1030. The van der Waals surface area contributed by atoms with Gasteiger partial charge in [-0.25, -0.2) is 0 Å². The number of rotatable bonds is 8. The molecule has 158 valence electrons. The summed E-state index contributed by atoms with van der Waals surface area (Å²) in [6.07, 6.45) is 0. The van der Waals surface area contributed by atoms with Gasteiger partial charge < -0.3 is 14.4 Å². The number of amides is 1. The maximum absolute atomic E-state index is 12.7. The van der Waals surface area contributed by atoms with E-state index in [4.69, 9.17) is 9.47 Å². The van der Waals surface area contributed by atoms with E-state index in [9.17, 15) is 4.79 Å². The van der Waals surface area contributed by atoms with Gasteiger partial charge in [-0.3, -0.25) is 9.36 Å². The fourth-order valence-electron chi connectivity index (χ4n) is 3.08. The van der Waals surface area contributed by atoms with Crippen LogP contribution < -0.4 is 9.47 Å². The third-order valence-corrected chi connectivity index (χ3v) is 5.59. The maximum atomic E-state index is 12.7. The first kappa shape index (κ1) is 21.7. The molecule has 0 saturated heterocycles. The zero-order valence-electron chi connectivity index (χ0n) is 17.9. The van der Waals surface area contributed by atoms with Crippen LogP contribution >= 0.6 is 11.8 Å². The van der Waals surface area contributed by atoms with Crippen LogP contribution in [0.1, 0.15) is 17.0 Å². The molecule has 1 heterocycles. The highest BCUT2D eigenvalue weighted by Gasteiger charge is 2.16. The van der Waals surface area contributed by atoms with Gasteiger partial charge in [0.2, 0.25) is 5.91 Å². The van der Waals surface area contributed by atoms with Gasteiger partial charge in [-0.15, -0.1) is 10.2 Å². The summed E-state index contributed by atoms with van der Waals surface area (Å²) in [6, 6.07) is 13.8.